The van der Waals surface area contributed by atoms with Gasteiger partial charge in [0.2, 0.25) is 10.0 Å². The summed E-state index contributed by atoms with van der Waals surface area (Å²) in [5.41, 5.74) is 0. The summed E-state index contributed by atoms with van der Waals surface area (Å²) in [6.07, 6.45) is 4.16. The zero-order chi connectivity index (χ0) is 13.3. The van der Waals surface area contributed by atoms with Crippen LogP contribution >= 0.6 is 0 Å². The molecule has 2 atom stereocenters. The van der Waals surface area contributed by atoms with E-state index in [2.05, 4.69) is 18.9 Å². The Morgan fingerprint density at radius 1 is 1.33 bits per heavy atom. The van der Waals surface area contributed by atoms with Crippen molar-refractivity contribution in [2.24, 2.45) is 11.8 Å². The van der Waals surface area contributed by atoms with Crippen LogP contribution in [0.3, 0.4) is 0 Å². The van der Waals surface area contributed by atoms with Crippen LogP contribution in [0.5, 0.6) is 0 Å². The molecule has 0 spiro atoms. The average molecular weight is 271 g/mol. The Morgan fingerprint density at radius 2 is 1.94 bits per heavy atom. The molecule has 0 aromatic carbocycles. The van der Waals surface area contributed by atoms with Gasteiger partial charge in [-0.1, -0.05) is 13.8 Å². The predicted octanol–water partition coefficient (Wildman–Crippen LogP) is 1.57. The molecule has 2 unspecified atom stereocenters. The number of hydrogen-bond acceptors (Lipinski definition) is 3. The van der Waals surface area contributed by atoms with E-state index >= 15 is 0 Å². The maximum Gasteiger partial charge on any atom is 0.246 e. The first kappa shape index (κ1) is 13.5. The number of rotatable bonds is 3. The molecule has 0 amide bonds. The lowest BCUT2D eigenvalue weighted by atomic mass is 9.94. The molecule has 102 valence electrons. The Labute approximate surface area is 109 Å². The van der Waals surface area contributed by atoms with Gasteiger partial charge in [0.25, 0.3) is 0 Å². The Kier molecular flexibility index (Phi) is 3.77. The lowest BCUT2D eigenvalue weighted by molar-refractivity contribution is 0.222. The summed E-state index contributed by atoms with van der Waals surface area (Å²) in [6.45, 7) is 8.06. The van der Waals surface area contributed by atoms with Crippen molar-refractivity contribution in [2.45, 2.75) is 38.6 Å². The molecule has 1 aromatic rings. The van der Waals surface area contributed by atoms with Crippen LogP contribution in [0.1, 0.15) is 27.2 Å². The van der Waals surface area contributed by atoms with Crippen molar-refractivity contribution in [2.75, 3.05) is 13.1 Å². The Morgan fingerprint density at radius 3 is 2.44 bits per heavy atom. The van der Waals surface area contributed by atoms with Crippen LogP contribution in [0, 0.1) is 11.8 Å². The van der Waals surface area contributed by atoms with Gasteiger partial charge in [0.15, 0.2) is 0 Å². The number of nitrogens with zero attached hydrogens (tertiary/aromatic N) is 3. The van der Waals surface area contributed by atoms with E-state index in [1.807, 2.05) is 6.92 Å². The number of hydrogen-bond donors (Lipinski definition) is 0. The van der Waals surface area contributed by atoms with Gasteiger partial charge in [-0.3, -0.25) is 4.68 Å². The van der Waals surface area contributed by atoms with E-state index in [1.54, 1.807) is 15.2 Å². The van der Waals surface area contributed by atoms with E-state index < -0.39 is 10.0 Å². The largest absolute Gasteiger partial charge is 0.272 e. The van der Waals surface area contributed by atoms with Crippen LogP contribution in [-0.2, 0) is 16.6 Å². The SMILES string of the molecule is CCn1cc(S(=O)(=O)N2CC(C)CC(C)C2)cn1. The highest BCUT2D eigenvalue weighted by Crippen LogP contribution is 2.26. The lowest BCUT2D eigenvalue weighted by Crippen LogP contribution is -2.42. The molecular weight excluding hydrogens is 250 g/mol. The summed E-state index contributed by atoms with van der Waals surface area (Å²) in [6, 6.07) is 0. The van der Waals surface area contributed by atoms with Crippen LogP contribution in [0.2, 0.25) is 0 Å². The maximum atomic E-state index is 12.5. The lowest BCUT2D eigenvalue weighted by Gasteiger charge is -2.33. The van der Waals surface area contributed by atoms with Crippen molar-refractivity contribution in [1.82, 2.24) is 14.1 Å². The Hall–Kier alpha value is -0.880. The number of aromatic nitrogens is 2. The average Bonchev–Trinajstić information content (AvgIpc) is 2.76. The first-order chi connectivity index (χ1) is 8.43. The van der Waals surface area contributed by atoms with Crippen molar-refractivity contribution in [1.29, 1.82) is 0 Å². The molecule has 1 saturated heterocycles. The minimum absolute atomic E-state index is 0.311. The highest BCUT2D eigenvalue weighted by atomic mass is 32.2. The van der Waals surface area contributed by atoms with Crippen LogP contribution < -0.4 is 0 Å². The molecule has 1 aliphatic heterocycles. The topological polar surface area (TPSA) is 55.2 Å². The van der Waals surface area contributed by atoms with E-state index in [9.17, 15) is 8.42 Å². The second-order valence-electron chi connectivity index (χ2n) is 5.30. The molecule has 6 heteroatoms. The normalized spacial score (nSPS) is 26.4. The van der Waals surface area contributed by atoms with E-state index in [4.69, 9.17) is 0 Å². The molecule has 0 radical (unpaired) electrons. The molecule has 0 saturated carbocycles. The highest BCUT2D eigenvalue weighted by molar-refractivity contribution is 7.89. The smallest absolute Gasteiger partial charge is 0.246 e. The third-order valence-corrected chi connectivity index (χ3v) is 5.19. The van der Waals surface area contributed by atoms with Crippen molar-refractivity contribution < 1.29 is 8.42 Å². The zero-order valence-corrected chi connectivity index (χ0v) is 12.0. The molecular formula is C12H21N3O2S. The summed E-state index contributed by atoms with van der Waals surface area (Å²) < 4.78 is 28.2. The number of aryl methyl sites for hydroxylation is 1. The third kappa shape index (κ3) is 2.59. The van der Waals surface area contributed by atoms with Gasteiger partial charge in [0.1, 0.15) is 4.90 Å². The summed E-state index contributed by atoms with van der Waals surface area (Å²) >= 11 is 0. The van der Waals surface area contributed by atoms with Gasteiger partial charge >= 0.3 is 0 Å². The molecule has 1 aromatic heterocycles. The van der Waals surface area contributed by atoms with Gasteiger partial charge in [0.05, 0.1) is 6.20 Å². The molecule has 0 N–H and O–H groups in total. The minimum Gasteiger partial charge on any atom is -0.272 e. The fourth-order valence-corrected chi connectivity index (χ4v) is 4.24. The van der Waals surface area contributed by atoms with Crippen molar-refractivity contribution in [3.63, 3.8) is 0 Å². The Balaban J connectivity index is 2.25. The van der Waals surface area contributed by atoms with Gasteiger partial charge in [-0.05, 0) is 25.2 Å². The standard InChI is InChI=1S/C12H21N3O2S/c1-4-14-9-12(6-13-14)18(16,17)15-7-10(2)5-11(3)8-15/h6,9-11H,4-5,7-8H2,1-3H3. The highest BCUT2D eigenvalue weighted by Gasteiger charge is 2.32. The van der Waals surface area contributed by atoms with Crippen molar-refractivity contribution in [3.8, 4) is 0 Å². The first-order valence-electron chi connectivity index (χ1n) is 6.46. The van der Waals surface area contributed by atoms with Gasteiger partial charge in [-0.15, -0.1) is 0 Å². The molecule has 1 fully saturated rings. The quantitative estimate of drug-likeness (QED) is 0.838. The Bertz CT molecular complexity index is 499. The maximum absolute atomic E-state index is 12.5. The second-order valence-corrected chi connectivity index (χ2v) is 7.24. The summed E-state index contributed by atoms with van der Waals surface area (Å²) in [4.78, 5) is 0.311. The van der Waals surface area contributed by atoms with Crippen molar-refractivity contribution in [3.05, 3.63) is 12.4 Å². The van der Waals surface area contributed by atoms with Gasteiger partial charge in [-0.2, -0.15) is 9.40 Å². The van der Waals surface area contributed by atoms with E-state index in [1.165, 1.54) is 6.20 Å². The molecule has 0 aliphatic carbocycles. The molecule has 2 heterocycles. The van der Waals surface area contributed by atoms with Gasteiger partial charge in [-0.25, -0.2) is 8.42 Å². The molecule has 2 rings (SSSR count). The first-order valence-corrected chi connectivity index (χ1v) is 7.90. The monoisotopic (exact) mass is 271 g/mol. The fourth-order valence-electron chi connectivity index (χ4n) is 2.60. The fraction of sp³-hybridized carbons (Fsp3) is 0.750. The minimum atomic E-state index is -3.37. The molecule has 5 nitrogen and oxygen atoms in total. The summed E-state index contributed by atoms with van der Waals surface area (Å²) in [5.74, 6) is 0.842. The van der Waals surface area contributed by atoms with Gasteiger partial charge in [0, 0.05) is 25.8 Å². The predicted molar refractivity (Wildman–Crippen MR) is 69.6 cm³/mol. The van der Waals surface area contributed by atoms with Crippen LogP contribution in [0.25, 0.3) is 0 Å². The third-order valence-electron chi connectivity index (χ3n) is 3.41. The van der Waals surface area contributed by atoms with Crippen LogP contribution in [0.15, 0.2) is 17.3 Å². The van der Waals surface area contributed by atoms with E-state index in [0.717, 1.165) is 6.42 Å². The number of sulfonamides is 1. The number of piperidine rings is 1. The van der Waals surface area contributed by atoms with Crippen LogP contribution in [-0.4, -0.2) is 35.6 Å². The second kappa shape index (κ2) is 5.01. The molecule has 0 bridgehead atoms. The van der Waals surface area contributed by atoms with E-state index in [0.29, 0.717) is 36.4 Å². The summed E-state index contributed by atoms with van der Waals surface area (Å²) in [5, 5.41) is 4.04. The van der Waals surface area contributed by atoms with Crippen molar-refractivity contribution >= 4 is 10.0 Å². The van der Waals surface area contributed by atoms with Crippen LogP contribution in [0.4, 0.5) is 0 Å². The summed E-state index contributed by atoms with van der Waals surface area (Å²) in [7, 11) is -3.37. The van der Waals surface area contributed by atoms with E-state index in [-0.39, 0.29) is 0 Å². The molecule has 1 aliphatic rings. The zero-order valence-electron chi connectivity index (χ0n) is 11.2. The molecule has 18 heavy (non-hydrogen) atoms. The van der Waals surface area contributed by atoms with Gasteiger partial charge < -0.3 is 0 Å².